The maximum atomic E-state index is 13.4. The third-order valence-electron chi connectivity index (χ3n) is 20.7. The molecule has 0 bridgehead atoms. The number of rotatable bonds is 31. The molecule has 0 aromatic heterocycles. The van der Waals surface area contributed by atoms with Crippen LogP contribution in [0, 0.1) is 59.2 Å². The first-order valence-corrected chi connectivity index (χ1v) is 43.8. The first-order chi connectivity index (χ1) is 47.9. The Hall–Kier alpha value is -0.340. The monoisotopic (exact) mass is 1550 g/mol. The molecule has 0 amide bonds. The molecule has 6 fully saturated rings. The molecule has 0 aromatic rings. The van der Waals surface area contributed by atoms with E-state index in [0.29, 0.717) is 127 Å². The van der Waals surface area contributed by atoms with Gasteiger partial charge in [0, 0.05) is 43.4 Å². The Labute approximate surface area is 663 Å². The maximum absolute atomic E-state index is 13.4. The van der Waals surface area contributed by atoms with Crippen LogP contribution in [0.3, 0.4) is 0 Å². The predicted molar refractivity (Wildman–Crippen MR) is 452 cm³/mol. The highest BCUT2D eigenvalue weighted by atomic mass is 32.2. The lowest BCUT2D eigenvalue weighted by Crippen LogP contribution is -2.64. The number of nitrogens with one attached hydrogen (secondary N) is 1. The van der Waals surface area contributed by atoms with Crippen molar-refractivity contribution in [2.24, 2.45) is 59.2 Å². The van der Waals surface area contributed by atoms with Crippen LogP contribution in [0.2, 0.25) is 0 Å². The summed E-state index contributed by atoms with van der Waals surface area (Å²) in [5.74, 6) is 7.07. The van der Waals surface area contributed by atoms with E-state index in [1.165, 1.54) is 57.5 Å². The normalized spacial score (nSPS) is 21.4. The summed E-state index contributed by atoms with van der Waals surface area (Å²) in [6.45, 7) is 97.1. The summed E-state index contributed by atoms with van der Waals surface area (Å²) in [7, 11) is 0. The minimum absolute atomic E-state index is 0.0220. The van der Waals surface area contributed by atoms with Gasteiger partial charge in [-0.15, -0.1) is 0 Å². The zero-order valence-electron chi connectivity index (χ0n) is 78.6. The van der Waals surface area contributed by atoms with Gasteiger partial charge in [-0.05, 0) is 258 Å². The van der Waals surface area contributed by atoms with Crippen molar-refractivity contribution < 1.29 is 65.3 Å². The van der Waals surface area contributed by atoms with Crippen molar-refractivity contribution in [3.63, 3.8) is 0 Å². The van der Waals surface area contributed by atoms with E-state index in [-0.39, 0.29) is 45.3 Å². The molecular weight excluding hydrogens is 1360 g/mol. The Morgan fingerprint density at radius 3 is 0.811 bits per heavy atom. The summed E-state index contributed by atoms with van der Waals surface area (Å²) in [5, 5.41) is 3.26. The molecule has 16 heteroatoms. The topological polar surface area (TPSA) is 114 Å². The van der Waals surface area contributed by atoms with Crippen molar-refractivity contribution in [3.05, 3.63) is 0 Å². The van der Waals surface area contributed by atoms with Gasteiger partial charge in [0.15, 0.2) is 0 Å². The Morgan fingerprint density at radius 1 is 0.377 bits per heavy atom. The number of hydrogen-bond acceptors (Lipinski definition) is 13. The summed E-state index contributed by atoms with van der Waals surface area (Å²) in [5.41, 5.74) is -0.297. The van der Waals surface area contributed by atoms with Crippen molar-refractivity contribution in [1.82, 2.24) is 5.32 Å². The second-order valence-electron chi connectivity index (χ2n) is 38.3. The van der Waals surface area contributed by atoms with Crippen molar-refractivity contribution >= 4 is 11.8 Å². The largest absolute Gasteiger partial charge is 0.376 e. The standard InChI is InChI=1S/C11H21FO.C10H20O.C9H19NO.C9H18O2.C9H18OS.C9H18O.2C9H20O.C8H18O.C7H14F2O/c1-8(2)11(13-9(3)4)6-10(5,12)7-11;1-8(2)10(6-5-7-10)11-9(3)4;2*1-7(2)9(5-10-6-9)11-8(3)4;1-7(2)9(5-11-6-9)10-8(3)4;1-7(2)9(5-6-9)10-8(3)4;1-7(2)9(5,6)10-8(3)4;1-6-9(7(2)3)10-8(4)5;1-6(2)8(5)9-7(3)4;1-5(2)7(8,9)10-6(3)4/h8-9H,6-7H2,1-5H3;8-9H,5-7H2,1-4H3;7-8,10H,5-6H2,1-4H3;2*7-8H,5-6H2,1-4H3;7-8H,5-6H2,1-4H3;7-8H,1-6H3;7-9H,6H2,1-5H3;6-8H,1-5H3;5-6H,1-4H3. The first kappa shape index (κ1) is 112. The van der Waals surface area contributed by atoms with Gasteiger partial charge in [-0.3, -0.25) is 0 Å². The molecule has 3 heterocycles. The predicted octanol–water partition coefficient (Wildman–Crippen LogP) is 25.5. The molecule has 2 atom stereocenters. The summed E-state index contributed by atoms with van der Waals surface area (Å²) in [4.78, 5) is 0. The molecule has 0 radical (unpaired) electrons. The second kappa shape index (κ2) is 52.3. The Kier molecular flexibility index (Phi) is 55.2. The van der Waals surface area contributed by atoms with Gasteiger partial charge in [-0.25, -0.2) is 4.39 Å². The van der Waals surface area contributed by atoms with Crippen LogP contribution in [0.4, 0.5) is 13.2 Å². The Bertz CT molecular complexity index is 1930. The molecule has 6 aliphatic rings. The minimum atomic E-state index is -2.98. The zero-order valence-corrected chi connectivity index (χ0v) is 79.5. The highest BCUT2D eigenvalue weighted by Crippen LogP contribution is 2.51. The van der Waals surface area contributed by atoms with Crippen LogP contribution in [-0.2, 0) is 52.1 Å². The number of halogens is 3. The fraction of sp³-hybridized carbons (Fsp3) is 1.00. The third kappa shape index (κ3) is 45.7. The molecule has 3 saturated heterocycles. The van der Waals surface area contributed by atoms with Crippen LogP contribution >= 0.6 is 11.8 Å². The van der Waals surface area contributed by atoms with Crippen molar-refractivity contribution in [3.8, 4) is 0 Å². The number of hydrogen-bond donors (Lipinski definition) is 1. The van der Waals surface area contributed by atoms with E-state index in [9.17, 15) is 13.2 Å². The van der Waals surface area contributed by atoms with E-state index in [4.69, 9.17) is 47.4 Å². The molecule has 106 heavy (non-hydrogen) atoms. The third-order valence-corrected chi connectivity index (χ3v) is 22.0. The maximum Gasteiger partial charge on any atom is 0.358 e. The van der Waals surface area contributed by atoms with E-state index in [1.54, 1.807) is 20.8 Å². The molecule has 0 spiro atoms. The first-order valence-electron chi connectivity index (χ1n) is 42.6. The van der Waals surface area contributed by atoms with Gasteiger partial charge in [0.2, 0.25) is 0 Å². The average Bonchev–Trinajstić information content (AvgIpc) is 1.06. The van der Waals surface area contributed by atoms with E-state index in [1.807, 2.05) is 25.6 Å². The number of alkyl halides is 3. The molecule has 3 aliphatic carbocycles. The Balaban J connectivity index is -0.000000546. The molecule has 0 aromatic carbocycles. The lowest BCUT2D eigenvalue weighted by molar-refractivity contribution is -0.280. The van der Waals surface area contributed by atoms with E-state index in [2.05, 4.69) is 273 Å². The fourth-order valence-corrected chi connectivity index (χ4v) is 13.9. The van der Waals surface area contributed by atoms with E-state index >= 15 is 0 Å². The molecule has 1 N–H and O–H groups in total. The van der Waals surface area contributed by atoms with E-state index in [0.717, 1.165) is 32.7 Å². The SMILES string of the molecule is CC(C)OC(C)(C)C(C)C.CC(C)OC(C)C(C)C.CC(C)OC(F)(F)C(C)C.CC(C)OC1(C(C)C)CC(C)(F)C1.CC(C)OC1(C(C)C)CC1.CC(C)OC1(C(C)C)CCC1.CC(C)OC1(C(C)C)CNC1.CC(C)OC1(C(C)C)COC1.CC(C)OC1(C(C)C)CSC1.CCC(OC(C)C)C(C)C. The molecule has 3 saturated carbocycles. The smallest absolute Gasteiger partial charge is 0.358 e. The molecule has 6 rings (SSSR count). The number of thioether (sulfide) groups is 1. The summed E-state index contributed by atoms with van der Waals surface area (Å²) in [6, 6.07) is 0. The van der Waals surface area contributed by atoms with Gasteiger partial charge in [0.05, 0.1) is 120 Å². The second-order valence-corrected chi connectivity index (χ2v) is 39.3. The average molecular weight is 1550 g/mol. The summed E-state index contributed by atoms with van der Waals surface area (Å²) < 4.78 is 100. The van der Waals surface area contributed by atoms with E-state index < -0.39 is 23.8 Å². The highest BCUT2D eigenvalue weighted by Gasteiger charge is 2.56. The lowest BCUT2D eigenvalue weighted by atomic mass is 9.64. The molecule has 3 aliphatic heterocycles. The van der Waals surface area contributed by atoms with Gasteiger partial charge in [0.1, 0.15) is 11.3 Å². The van der Waals surface area contributed by atoms with Gasteiger partial charge in [-0.2, -0.15) is 20.5 Å². The minimum Gasteiger partial charge on any atom is -0.376 e. The van der Waals surface area contributed by atoms with Crippen LogP contribution in [0.25, 0.3) is 0 Å². The van der Waals surface area contributed by atoms with Crippen LogP contribution in [-0.4, -0.2) is 162 Å². The molecule has 644 valence electrons. The summed E-state index contributed by atoms with van der Waals surface area (Å²) in [6.07, 6.45) is 9.15. The molecular formula is C90H186F3NO11S. The van der Waals surface area contributed by atoms with Gasteiger partial charge < -0.3 is 57.4 Å². The van der Waals surface area contributed by atoms with Crippen molar-refractivity contribution in [2.45, 2.75) is 487 Å². The fourth-order valence-electron chi connectivity index (χ4n) is 12.5. The van der Waals surface area contributed by atoms with Gasteiger partial charge in [0.25, 0.3) is 0 Å². The van der Waals surface area contributed by atoms with Crippen LogP contribution in [0.15, 0.2) is 0 Å². The summed E-state index contributed by atoms with van der Waals surface area (Å²) >= 11 is 1.99. The van der Waals surface area contributed by atoms with Crippen molar-refractivity contribution in [1.29, 1.82) is 0 Å². The van der Waals surface area contributed by atoms with Gasteiger partial charge >= 0.3 is 6.11 Å². The highest BCUT2D eigenvalue weighted by molar-refractivity contribution is 8.00. The number of ether oxygens (including phenoxy) is 11. The molecule has 2 unspecified atom stereocenters. The van der Waals surface area contributed by atoms with Crippen LogP contribution in [0.5, 0.6) is 0 Å². The molecule has 12 nitrogen and oxygen atoms in total. The Morgan fingerprint density at radius 2 is 0.698 bits per heavy atom. The van der Waals surface area contributed by atoms with Crippen LogP contribution in [0.1, 0.15) is 363 Å². The quantitative estimate of drug-likeness (QED) is 0.0711. The van der Waals surface area contributed by atoms with Gasteiger partial charge in [-0.1, -0.05) is 145 Å². The zero-order chi connectivity index (χ0) is 84.3. The van der Waals surface area contributed by atoms with Crippen molar-refractivity contribution in [2.75, 3.05) is 37.8 Å². The lowest BCUT2D eigenvalue weighted by Gasteiger charge is -2.53. The van der Waals surface area contributed by atoms with Crippen LogP contribution < -0.4 is 5.32 Å².